The van der Waals surface area contributed by atoms with Gasteiger partial charge in [0.2, 0.25) is 5.91 Å². The molecule has 0 bridgehead atoms. The van der Waals surface area contributed by atoms with E-state index in [1.807, 2.05) is 14.0 Å². The first kappa shape index (κ1) is 18.0. The van der Waals surface area contributed by atoms with E-state index in [0.717, 1.165) is 58.1 Å². The topological polar surface area (TPSA) is 79.9 Å². The van der Waals surface area contributed by atoms with Crippen LogP contribution < -0.4 is 11.1 Å². The number of ether oxygens (including phenoxy) is 1. The zero-order chi connectivity index (χ0) is 16.7. The molecule has 3 N–H and O–H groups in total. The third-order valence-corrected chi connectivity index (χ3v) is 5.08. The van der Waals surface area contributed by atoms with Crippen LogP contribution in [0.25, 0.3) is 0 Å². The minimum absolute atomic E-state index is 0.201. The van der Waals surface area contributed by atoms with Crippen LogP contribution in [-0.4, -0.2) is 56.7 Å². The van der Waals surface area contributed by atoms with Crippen LogP contribution in [-0.2, 0) is 9.53 Å². The summed E-state index contributed by atoms with van der Waals surface area (Å²) in [6.45, 7) is 6.51. The molecule has 1 unspecified atom stereocenters. The molecule has 0 spiro atoms. The first-order valence-electron chi connectivity index (χ1n) is 8.90. The van der Waals surface area contributed by atoms with Crippen LogP contribution in [0.1, 0.15) is 45.4 Å². The quantitative estimate of drug-likeness (QED) is 0.401. The van der Waals surface area contributed by atoms with E-state index in [1.165, 1.54) is 12.8 Å². The van der Waals surface area contributed by atoms with E-state index in [0.29, 0.717) is 17.8 Å². The number of nitrogens with zero attached hydrogens (tertiary/aromatic N) is 2. The molecule has 1 saturated carbocycles. The van der Waals surface area contributed by atoms with Gasteiger partial charge in [0.15, 0.2) is 5.96 Å². The molecule has 1 amide bonds. The van der Waals surface area contributed by atoms with Crippen molar-refractivity contribution >= 4 is 11.9 Å². The fraction of sp³-hybridized carbons (Fsp3) is 0.882. The van der Waals surface area contributed by atoms with Gasteiger partial charge < -0.3 is 20.7 Å². The highest BCUT2D eigenvalue weighted by Crippen LogP contribution is 2.48. The molecule has 2 rings (SSSR count). The average molecular weight is 324 g/mol. The van der Waals surface area contributed by atoms with Gasteiger partial charge in [-0.3, -0.25) is 9.79 Å². The van der Waals surface area contributed by atoms with Gasteiger partial charge in [0.1, 0.15) is 0 Å². The number of hydrogen-bond acceptors (Lipinski definition) is 3. The number of aliphatic imine (C=N–C) groups is 1. The standard InChI is InChI=1S/C17H32N4O2/c1-3-23-10-8-17(6-7-17)13-20-16(19-2)21-9-4-5-14(12-21)11-15(18)22/h14H,3-13H2,1-2H3,(H2,18,22)(H,19,20). The summed E-state index contributed by atoms with van der Waals surface area (Å²) in [5, 5.41) is 3.55. The second-order valence-corrected chi connectivity index (χ2v) is 6.97. The van der Waals surface area contributed by atoms with Gasteiger partial charge in [0.05, 0.1) is 0 Å². The van der Waals surface area contributed by atoms with Crippen molar-refractivity contribution < 1.29 is 9.53 Å². The van der Waals surface area contributed by atoms with Crippen molar-refractivity contribution in [1.82, 2.24) is 10.2 Å². The maximum Gasteiger partial charge on any atom is 0.217 e. The molecule has 2 aliphatic rings. The molecule has 6 heteroatoms. The lowest BCUT2D eigenvalue weighted by molar-refractivity contribution is -0.119. The third-order valence-electron chi connectivity index (χ3n) is 5.08. The summed E-state index contributed by atoms with van der Waals surface area (Å²) in [6.07, 6.45) is 6.31. The molecule has 1 saturated heterocycles. The lowest BCUT2D eigenvalue weighted by Crippen LogP contribution is -2.48. The number of rotatable bonds is 8. The zero-order valence-electron chi connectivity index (χ0n) is 14.6. The highest BCUT2D eigenvalue weighted by Gasteiger charge is 2.42. The monoisotopic (exact) mass is 324 g/mol. The van der Waals surface area contributed by atoms with Crippen LogP contribution >= 0.6 is 0 Å². The fourth-order valence-corrected chi connectivity index (χ4v) is 3.43. The van der Waals surface area contributed by atoms with Crippen LogP contribution in [0, 0.1) is 11.3 Å². The van der Waals surface area contributed by atoms with Crippen molar-refractivity contribution in [2.75, 3.05) is 39.9 Å². The van der Waals surface area contributed by atoms with Crippen LogP contribution in [0.2, 0.25) is 0 Å². The molecule has 0 aromatic carbocycles. The first-order valence-corrected chi connectivity index (χ1v) is 8.90. The summed E-state index contributed by atoms with van der Waals surface area (Å²) >= 11 is 0. The van der Waals surface area contributed by atoms with Crippen LogP contribution in [0.3, 0.4) is 0 Å². The van der Waals surface area contributed by atoms with Crippen molar-refractivity contribution in [3.05, 3.63) is 0 Å². The number of primary amides is 1. The van der Waals surface area contributed by atoms with E-state index < -0.39 is 0 Å². The Balaban J connectivity index is 1.79. The average Bonchev–Trinajstić information content (AvgIpc) is 3.28. The Morgan fingerprint density at radius 3 is 2.87 bits per heavy atom. The van der Waals surface area contributed by atoms with Crippen molar-refractivity contribution in [2.24, 2.45) is 22.1 Å². The van der Waals surface area contributed by atoms with Gasteiger partial charge in [0.25, 0.3) is 0 Å². The van der Waals surface area contributed by atoms with Crippen molar-refractivity contribution in [1.29, 1.82) is 0 Å². The summed E-state index contributed by atoms with van der Waals surface area (Å²) in [6, 6.07) is 0. The predicted octanol–water partition coefficient (Wildman–Crippen LogP) is 1.36. The Labute approximate surface area is 139 Å². The number of nitrogens with one attached hydrogen (secondary N) is 1. The number of piperidine rings is 1. The van der Waals surface area contributed by atoms with Gasteiger partial charge in [-0.15, -0.1) is 0 Å². The number of carbonyl (C=O) groups excluding carboxylic acids is 1. The predicted molar refractivity (Wildman–Crippen MR) is 92.2 cm³/mol. The largest absolute Gasteiger partial charge is 0.382 e. The summed E-state index contributed by atoms with van der Waals surface area (Å²) in [4.78, 5) is 17.9. The summed E-state index contributed by atoms with van der Waals surface area (Å²) in [7, 11) is 1.83. The highest BCUT2D eigenvalue weighted by molar-refractivity contribution is 5.80. The van der Waals surface area contributed by atoms with Crippen molar-refractivity contribution in [3.8, 4) is 0 Å². The maximum atomic E-state index is 11.2. The van der Waals surface area contributed by atoms with Gasteiger partial charge in [-0.2, -0.15) is 0 Å². The Morgan fingerprint density at radius 2 is 2.26 bits per heavy atom. The fourth-order valence-electron chi connectivity index (χ4n) is 3.43. The van der Waals surface area contributed by atoms with E-state index >= 15 is 0 Å². The number of hydrogen-bond donors (Lipinski definition) is 2. The van der Waals surface area contributed by atoms with Crippen molar-refractivity contribution in [3.63, 3.8) is 0 Å². The number of likely N-dealkylation sites (tertiary alicyclic amines) is 1. The van der Waals surface area contributed by atoms with Gasteiger partial charge in [0, 0.05) is 46.3 Å². The van der Waals surface area contributed by atoms with E-state index in [1.54, 1.807) is 0 Å². The lowest BCUT2D eigenvalue weighted by atomic mass is 9.95. The normalized spacial score (nSPS) is 23.7. The molecule has 2 fully saturated rings. The molecule has 23 heavy (non-hydrogen) atoms. The zero-order valence-corrected chi connectivity index (χ0v) is 14.6. The number of carbonyl (C=O) groups is 1. The second kappa shape index (κ2) is 8.52. The minimum atomic E-state index is -0.201. The van der Waals surface area contributed by atoms with Crippen LogP contribution in [0.5, 0.6) is 0 Å². The molecular weight excluding hydrogens is 292 g/mol. The van der Waals surface area contributed by atoms with Crippen molar-refractivity contribution in [2.45, 2.75) is 45.4 Å². The SMILES string of the molecule is CCOCCC1(CNC(=NC)N2CCCC(CC(N)=O)C2)CC1. The molecule has 0 aromatic heterocycles. The van der Waals surface area contributed by atoms with Gasteiger partial charge in [-0.05, 0) is 50.4 Å². The summed E-state index contributed by atoms with van der Waals surface area (Å²) < 4.78 is 5.50. The molecule has 0 aromatic rings. The van der Waals surface area contributed by atoms with Gasteiger partial charge >= 0.3 is 0 Å². The molecular formula is C17H32N4O2. The Bertz CT molecular complexity index is 421. The van der Waals surface area contributed by atoms with E-state index in [-0.39, 0.29) is 5.91 Å². The Morgan fingerprint density at radius 1 is 1.48 bits per heavy atom. The van der Waals surface area contributed by atoms with E-state index in [4.69, 9.17) is 10.5 Å². The Hall–Kier alpha value is -1.30. The molecule has 1 atom stereocenters. The number of amides is 1. The van der Waals surface area contributed by atoms with Gasteiger partial charge in [-0.25, -0.2) is 0 Å². The minimum Gasteiger partial charge on any atom is -0.382 e. The molecule has 6 nitrogen and oxygen atoms in total. The van der Waals surface area contributed by atoms with E-state index in [9.17, 15) is 4.79 Å². The molecule has 1 aliphatic carbocycles. The highest BCUT2D eigenvalue weighted by atomic mass is 16.5. The molecule has 132 valence electrons. The van der Waals surface area contributed by atoms with E-state index in [2.05, 4.69) is 15.2 Å². The third kappa shape index (κ3) is 5.68. The lowest BCUT2D eigenvalue weighted by Gasteiger charge is -2.35. The second-order valence-electron chi connectivity index (χ2n) is 6.97. The van der Waals surface area contributed by atoms with Crippen LogP contribution in [0.4, 0.5) is 0 Å². The number of guanidine groups is 1. The molecule has 1 aliphatic heterocycles. The summed E-state index contributed by atoms with van der Waals surface area (Å²) in [5.41, 5.74) is 5.74. The maximum absolute atomic E-state index is 11.2. The summed E-state index contributed by atoms with van der Waals surface area (Å²) in [5.74, 6) is 1.11. The number of nitrogens with two attached hydrogens (primary N) is 1. The molecule has 1 heterocycles. The first-order chi connectivity index (χ1) is 11.1. The molecule has 0 radical (unpaired) electrons. The van der Waals surface area contributed by atoms with Gasteiger partial charge in [-0.1, -0.05) is 0 Å². The van der Waals surface area contributed by atoms with Crippen LogP contribution in [0.15, 0.2) is 4.99 Å². The smallest absolute Gasteiger partial charge is 0.217 e. The Kier molecular flexibility index (Phi) is 6.69.